The van der Waals surface area contributed by atoms with Crippen molar-refractivity contribution in [1.29, 1.82) is 0 Å². The van der Waals surface area contributed by atoms with Crippen molar-refractivity contribution < 1.29 is 18.7 Å². The number of Topliss-reactive ketones (excluding diaryl/α,β-unsaturated/α-hetero) is 1. The number of rotatable bonds is 2. The SMILES string of the molecule is Cc1cc(C(=O)C(F)F)cc(C)c1O. The average Bonchev–Trinajstić information content (AvgIpc) is 2.12. The minimum Gasteiger partial charge on any atom is -0.507 e. The van der Waals surface area contributed by atoms with Gasteiger partial charge in [-0.3, -0.25) is 4.79 Å². The van der Waals surface area contributed by atoms with Crippen molar-refractivity contribution >= 4 is 5.78 Å². The molecule has 0 radical (unpaired) electrons. The number of phenolic OH excluding ortho intramolecular Hbond substituents is 1. The smallest absolute Gasteiger partial charge is 0.300 e. The van der Waals surface area contributed by atoms with Crippen LogP contribution in [0.15, 0.2) is 12.1 Å². The van der Waals surface area contributed by atoms with Crippen LogP contribution in [-0.2, 0) is 0 Å². The number of alkyl halides is 2. The van der Waals surface area contributed by atoms with Gasteiger partial charge in [-0.15, -0.1) is 0 Å². The Morgan fingerprint density at radius 2 is 1.71 bits per heavy atom. The van der Waals surface area contributed by atoms with Gasteiger partial charge in [-0.05, 0) is 37.1 Å². The van der Waals surface area contributed by atoms with E-state index in [1.165, 1.54) is 12.1 Å². The first-order chi connectivity index (χ1) is 6.43. The zero-order valence-corrected chi connectivity index (χ0v) is 7.84. The van der Waals surface area contributed by atoms with Crippen LogP contribution in [0.3, 0.4) is 0 Å². The summed E-state index contributed by atoms with van der Waals surface area (Å²) in [5.41, 5.74) is 0.788. The van der Waals surface area contributed by atoms with Crippen molar-refractivity contribution in [3.8, 4) is 5.75 Å². The highest BCUT2D eigenvalue weighted by Gasteiger charge is 2.19. The highest BCUT2D eigenvalue weighted by atomic mass is 19.3. The molecule has 76 valence electrons. The molecule has 1 rings (SSSR count). The number of hydrogen-bond donors (Lipinski definition) is 1. The predicted octanol–water partition coefficient (Wildman–Crippen LogP) is 2.46. The molecular formula is C10H10F2O2. The molecule has 0 unspecified atom stereocenters. The van der Waals surface area contributed by atoms with Gasteiger partial charge in [0.1, 0.15) is 5.75 Å². The fourth-order valence-corrected chi connectivity index (χ4v) is 1.22. The number of phenols is 1. The van der Waals surface area contributed by atoms with Crippen LogP contribution in [0.2, 0.25) is 0 Å². The molecule has 0 fully saturated rings. The Morgan fingerprint density at radius 3 is 2.07 bits per heavy atom. The molecule has 0 spiro atoms. The highest BCUT2D eigenvalue weighted by Crippen LogP contribution is 2.23. The fourth-order valence-electron chi connectivity index (χ4n) is 1.22. The lowest BCUT2D eigenvalue weighted by atomic mass is 10.0. The predicted molar refractivity (Wildman–Crippen MR) is 47.9 cm³/mol. The van der Waals surface area contributed by atoms with Crippen LogP contribution < -0.4 is 0 Å². The van der Waals surface area contributed by atoms with Gasteiger partial charge >= 0.3 is 6.43 Å². The molecule has 0 saturated heterocycles. The number of hydrogen-bond acceptors (Lipinski definition) is 2. The standard InChI is InChI=1S/C10H10F2O2/c1-5-3-7(9(14)10(11)12)4-6(2)8(5)13/h3-4,10,13H,1-2H3. The first-order valence-electron chi connectivity index (χ1n) is 4.06. The molecule has 0 atom stereocenters. The minimum atomic E-state index is -3.00. The van der Waals surface area contributed by atoms with Gasteiger partial charge in [0, 0.05) is 5.56 Å². The molecule has 0 bridgehead atoms. The Morgan fingerprint density at radius 1 is 1.29 bits per heavy atom. The number of halogens is 2. The number of carbonyl (C=O) groups is 1. The molecular weight excluding hydrogens is 190 g/mol. The van der Waals surface area contributed by atoms with E-state index in [1.807, 2.05) is 0 Å². The van der Waals surface area contributed by atoms with Gasteiger partial charge < -0.3 is 5.11 Å². The number of benzene rings is 1. The van der Waals surface area contributed by atoms with Crippen LogP contribution in [0.5, 0.6) is 5.75 Å². The Bertz CT molecular complexity index is 349. The molecule has 0 amide bonds. The van der Waals surface area contributed by atoms with E-state index in [1.54, 1.807) is 13.8 Å². The van der Waals surface area contributed by atoms with Crippen molar-refractivity contribution in [2.75, 3.05) is 0 Å². The van der Waals surface area contributed by atoms with E-state index >= 15 is 0 Å². The van der Waals surface area contributed by atoms with Gasteiger partial charge in [0.15, 0.2) is 0 Å². The van der Waals surface area contributed by atoms with Crippen molar-refractivity contribution in [1.82, 2.24) is 0 Å². The second-order valence-corrected chi connectivity index (χ2v) is 3.12. The lowest BCUT2D eigenvalue weighted by Gasteiger charge is -2.06. The second kappa shape index (κ2) is 3.74. The van der Waals surface area contributed by atoms with E-state index in [4.69, 9.17) is 0 Å². The maximum absolute atomic E-state index is 12.1. The summed E-state index contributed by atoms with van der Waals surface area (Å²) in [6, 6.07) is 2.52. The van der Waals surface area contributed by atoms with E-state index in [0.717, 1.165) is 0 Å². The molecule has 2 nitrogen and oxygen atoms in total. The third-order valence-electron chi connectivity index (χ3n) is 1.97. The van der Waals surface area contributed by atoms with Gasteiger partial charge in [-0.25, -0.2) is 8.78 Å². The molecule has 0 aromatic heterocycles. The third kappa shape index (κ3) is 1.89. The number of aryl methyl sites for hydroxylation is 2. The van der Waals surface area contributed by atoms with Crippen LogP contribution >= 0.6 is 0 Å². The molecule has 1 aromatic rings. The van der Waals surface area contributed by atoms with Crippen LogP contribution in [0.1, 0.15) is 21.5 Å². The zero-order chi connectivity index (χ0) is 10.9. The first-order valence-corrected chi connectivity index (χ1v) is 4.06. The van der Waals surface area contributed by atoms with Crippen LogP contribution in [0.4, 0.5) is 8.78 Å². The molecule has 0 saturated carbocycles. The quantitative estimate of drug-likeness (QED) is 0.744. The van der Waals surface area contributed by atoms with Crippen LogP contribution in [-0.4, -0.2) is 17.3 Å². The summed E-state index contributed by atoms with van der Waals surface area (Å²) in [4.78, 5) is 10.9. The molecule has 0 heterocycles. The van der Waals surface area contributed by atoms with Crippen molar-refractivity contribution in [3.63, 3.8) is 0 Å². The van der Waals surface area contributed by atoms with Crippen molar-refractivity contribution in [3.05, 3.63) is 28.8 Å². The number of carbonyl (C=O) groups excluding carboxylic acids is 1. The molecule has 1 N–H and O–H groups in total. The highest BCUT2D eigenvalue weighted by molar-refractivity contribution is 5.99. The maximum atomic E-state index is 12.1. The van der Waals surface area contributed by atoms with Gasteiger partial charge in [-0.2, -0.15) is 0 Å². The maximum Gasteiger partial charge on any atom is 0.300 e. The largest absolute Gasteiger partial charge is 0.507 e. The van der Waals surface area contributed by atoms with Crippen molar-refractivity contribution in [2.24, 2.45) is 0 Å². The topological polar surface area (TPSA) is 37.3 Å². The van der Waals surface area contributed by atoms with Gasteiger partial charge in [0.2, 0.25) is 5.78 Å². The van der Waals surface area contributed by atoms with Crippen molar-refractivity contribution in [2.45, 2.75) is 20.3 Å². The Balaban J connectivity index is 3.19. The summed E-state index contributed by atoms with van der Waals surface area (Å²) in [5.74, 6) is -1.17. The van der Waals surface area contributed by atoms with E-state index in [9.17, 15) is 18.7 Å². The Kier molecular flexibility index (Phi) is 2.84. The van der Waals surface area contributed by atoms with E-state index in [-0.39, 0.29) is 11.3 Å². The summed E-state index contributed by atoms with van der Waals surface area (Å²) in [7, 11) is 0. The monoisotopic (exact) mass is 200 g/mol. The normalized spacial score (nSPS) is 10.6. The summed E-state index contributed by atoms with van der Waals surface area (Å²) in [6.45, 7) is 3.12. The van der Waals surface area contributed by atoms with Crippen LogP contribution in [0.25, 0.3) is 0 Å². The van der Waals surface area contributed by atoms with Crippen LogP contribution in [0, 0.1) is 13.8 Å². The summed E-state index contributed by atoms with van der Waals surface area (Å²) in [5, 5.41) is 9.35. The molecule has 4 heteroatoms. The lowest BCUT2D eigenvalue weighted by Crippen LogP contribution is -2.10. The molecule has 1 aromatic carbocycles. The Labute approximate surface area is 80.2 Å². The molecule has 0 aliphatic heterocycles. The summed E-state index contributed by atoms with van der Waals surface area (Å²) in [6.07, 6.45) is -3.00. The van der Waals surface area contributed by atoms with E-state index < -0.39 is 12.2 Å². The average molecular weight is 200 g/mol. The number of ketones is 1. The van der Waals surface area contributed by atoms with E-state index in [2.05, 4.69) is 0 Å². The van der Waals surface area contributed by atoms with Gasteiger partial charge in [0.25, 0.3) is 0 Å². The van der Waals surface area contributed by atoms with Gasteiger partial charge in [-0.1, -0.05) is 0 Å². The first kappa shape index (κ1) is 10.6. The number of aromatic hydroxyl groups is 1. The third-order valence-corrected chi connectivity index (χ3v) is 1.97. The molecule has 0 aliphatic carbocycles. The Hall–Kier alpha value is -1.45. The second-order valence-electron chi connectivity index (χ2n) is 3.12. The fraction of sp³-hybridized carbons (Fsp3) is 0.300. The minimum absolute atomic E-state index is 0.0378. The van der Waals surface area contributed by atoms with Gasteiger partial charge in [0.05, 0.1) is 0 Å². The molecule has 0 aliphatic rings. The summed E-state index contributed by atoms with van der Waals surface area (Å²) < 4.78 is 24.1. The summed E-state index contributed by atoms with van der Waals surface area (Å²) >= 11 is 0. The molecule has 14 heavy (non-hydrogen) atoms. The lowest BCUT2D eigenvalue weighted by molar-refractivity contribution is 0.0678. The van der Waals surface area contributed by atoms with E-state index in [0.29, 0.717) is 11.1 Å². The zero-order valence-electron chi connectivity index (χ0n) is 7.84.